The Hall–Kier alpha value is -1.09. The monoisotopic (exact) mass is 312 g/mol. The fourth-order valence-electron chi connectivity index (χ4n) is 2.10. The lowest BCUT2D eigenvalue weighted by Gasteiger charge is -2.25. The third kappa shape index (κ3) is 3.51. The molecule has 0 spiro atoms. The van der Waals surface area contributed by atoms with Crippen LogP contribution in [0.4, 0.5) is 4.39 Å². The summed E-state index contributed by atoms with van der Waals surface area (Å²) in [7, 11) is 0. The molecule has 4 heteroatoms. The van der Waals surface area contributed by atoms with E-state index in [0.29, 0.717) is 18.4 Å². The van der Waals surface area contributed by atoms with E-state index in [0.717, 1.165) is 5.56 Å². The van der Waals surface area contributed by atoms with Crippen molar-refractivity contribution in [3.05, 3.63) is 69.5 Å². The maximum Gasteiger partial charge on any atom is 0.142 e. The van der Waals surface area contributed by atoms with Crippen molar-refractivity contribution in [1.29, 1.82) is 0 Å². The van der Waals surface area contributed by atoms with Crippen molar-refractivity contribution in [2.24, 2.45) is 0 Å². The number of hydrogen-bond donors (Lipinski definition) is 1. The Labute approximate surface area is 128 Å². The second kappa shape index (κ2) is 6.13. The van der Waals surface area contributed by atoms with Crippen LogP contribution < -0.4 is 0 Å². The van der Waals surface area contributed by atoms with Crippen LogP contribution >= 0.6 is 23.2 Å². The number of aryl methyl sites for hydroxylation is 1. The summed E-state index contributed by atoms with van der Waals surface area (Å²) in [5, 5.41) is 10.8. The Kier molecular flexibility index (Phi) is 4.69. The zero-order chi connectivity index (χ0) is 14.8. The van der Waals surface area contributed by atoms with E-state index in [-0.39, 0.29) is 10.0 Å². The van der Waals surface area contributed by atoms with E-state index >= 15 is 0 Å². The molecule has 1 unspecified atom stereocenters. The third-order valence-electron chi connectivity index (χ3n) is 3.33. The first kappa shape index (κ1) is 15.3. The van der Waals surface area contributed by atoms with Crippen LogP contribution in [0.2, 0.25) is 10.0 Å². The second-order valence-corrected chi connectivity index (χ2v) is 5.82. The molecule has 0 saturated carbocycles. The number of hydrogen-bond acceptors (Lipinski definition) is 1. The summed E-state index contributed by atoms with van der Waals surface area (Å²) in [6, 6.07) is 12.3. The van der Waals surface area contributed by atoms with Crippen LogP contribution in [0.3, 0.4) is 0 Å². The molecule has 20 heavy (non-hydrogen) atoms. The second-order valence-electron chi connectivity index (χ2n) is 5.01. The molecule has 0 fully saturated rings. The molecule has 0 aliphatic carbocycles. The molecule has 2 aromatic rings. The van der Waals surface area contributed by atoms with Gasteiger partial charge in [0.05, 0.1) is 10.6 Å². The van der Waals surface area contributed by atoms with E-state index in [2.05, 4.69) is 0 Å². The van der Waals surface area contributed by atoms with Crippen LogP contribution in [0.25, 0.3) is 0 Å². The van der Waals surface area contributed by atoms with Crippen molar-refractivity contribution in [3.63, 3.8) is 0 Å². The highest BCUT2D eigenvalue weighted by atomic mass is 35.5. The van der Waals surface area contributed by atoms with Crippen molar-refractivity contribution in [3.8, 4) is 0 Å². The van der Waals surface area contributed by atoms with Gasteiger partial charge in [0.2, 0.25) is 0 Å². The van der Waals surface area contributed by atoms with Gasteiger partial charge in [0.1, 0.15) is 5.82 Å². The van der Waals surface area contributed by atoms with Crippen molar-refractivity contribution < 1.29 is 9.50 Å². The van der Waals surface area contributed by atoms with Crippen LogP contribution in [0.15, 0.2) is 42.5 Å². The zero-order valence-corrected chi connectivity index (χ0v) is 12.5. The molecule has 0 saturated heterocycles. The van der Waals surface area contributed by atoms with Crippen LogP contribution in [0, 0.1) is 5.82 Å². The summed E-state index contributed by atoms with van der Waals surface area (Å²) < 4.78 is 13.6. The minimum absolute atomic E-state index is 0.0439. The van der Waals surface area contributed by atoms with Gasteiger partial charge in [0.15, 0.2) is 0 Å². The van der Waals surface area contributed by atoms with Gasteiger partial charge >= 0.3 is 0 Å². The highest BCUT2D eigenvalue weighted by molar-refractivity contribution is 6.35. The van der Waals surface area contributed by atoms with Gasteiger partial charge in [-0.25, -0.2) is 4.39 Å². The Morgan fingerprint density at radius 2 is 1.75 bits per heavy atom. The number of benzene rings is 2. The number of rotatable bonds is 4. The molecule has 1 atom stereocenters. The van der Waals surface area contributed by atoms with Crippen LogP contribution in [-0.2, 0) is 12.0 Å². The lowest BCUT2D eigenvalue weighted by atomic mass is 9.89. The lowest BCUT2D eigenvalue weighted by molar-refractivity contribution is 0.0478. The fraction of sp³-hybridized carbons (Fsp3) is 0.250. The molecule has 1 N–H and O–H groups in total. The van der Waals surface area contributed by atoms with E-state index < -0.39 is 11.4 Å². The predicted molar refractivity (Wildman–Crippen MR) is 80.8 cm³/mol. The third-order valence-corrected chi connectivity index (χ3v) is 3.94. The van der Waals surface area contributed by atoms with Gasteiger partial charge in [-0.15, -0.1) is 0 Å². The van der Waals surface area contributed by atoms with Gasteiger partial charge in [-0.2, -0.15) is 0 Å². The number of halogens is 3. The largest absolute Gasteiger partial charge is 0.385 e. The van der Waals surface area contributed by atoms with Crippen molar-refractivity contribution in [2.45, 2.75) is 25.4 Å². The number of aliphatic hydroxyl groups is 1. The highest BCUT2D eigenvalue weighted by Gasteiger charge is 2.26. The molecule has 106 valence electrons. The zero-order valence-electron chi connectivity index (χ0n) is 11.0. The van der Waals surface area contributed by atoms with Crippen LogP contribution in [-0.4, -0.2) is 5.11 Å². The molecule has 0 heterocycles. The summed E-state index contributed by atoms with van der Waals surface area (Å²) in [6.07, 6.45) is 1.12. The Morgan fingerprint density at radius 1 is 1.10 bits per heavy atom. The molecule has 0 amide bonds. The van der Waals surface area contributed by atoms with Gasteiger partial charge in [0.25, 0.3) is 0 Å². The summed E-state index contributed by atoms with van der Waals surface area (Å²) in [4.78, 5) is 0. The first-order valence-corrected chi connectivity index (χ1v) is 7.07. The Morgan fingerprint density at radius 3 is 2.40 bits per heavy atom. The van der Waals surface area contributed by atoms with E-state index in [9.17, 15) is 9.50 Å². The van der Waals surface area contributed by atoms with Gasteiger partial charge in [0, 0.05) is 10.6 Å². The highest BCUT2D eigenvalue weighted by Crippen LogP contribution is 2.34. The van der Waals surface area contributed by atoms with E-state index in [1.807, 2.05) is 30.3 Å². The standard InChI is InChI=1S/C16H15Cl2FO/c1-16(20,8-7-11-5-3-2-4-6-11)12-9-15(19)14(18)10-13(12)17/h2-6,9-10,20H,7-8H2,1H3. The SMILES string of the molecule is CC(O)(CCc1ccccc1)c1cc(F)c(Cl)cc1Cl. The van der Waals surface area contributed by atoms with Gasteiger partial charge in [-0.1, -0.05) is 53.5 Å². The minimum Gasteiger partial charge on any atom is -0.385 e. The molecule has 0 radical (unpaired) electrons. The minimum atomic E-state index is -1.21. The average molecular weight is 313 g/mol. The quantitative estimate of drug-likeness (QED) is 0.790. The molecular weight excluding hydrogens is 298 g/mol. The van der Waals surface area contributed by atoms with Crippen molar-refractivity contribution >= 4 is 23.2 Å². The summed E-state index contributed by atoms with van der Waals surface area (Å²) in [6.45, 7) is 1.63. The first-order valence-electron chi connectivity index (χ1n) is 6.31. The van der Waals surface area contributed by atoms with Gasteiger partial charge in [-0.3, -0.25) is 0 Å². The maximum atomic E-state index is 13.6. The van der Waals surface area contributed by atoms with Crippen LogP contribution in [0.5, 0.6) is 0 Å². The first-order chi connectivity index (χ1) is 9.40. The molecule has 2 aromatic carbocycles. The molecular formula is C16H15Cl2FO. The van der Waals surface area contributed by atoms with Gasteiger partial charge in [-0.05, 0) is 37.5 Å². The topological polar surface area (TPSA) is 20.2 Å². The Bertz CT molecular complexity index is 597. The molecule has 1 nitrogen and oxygen atoms in total. The maximum absolute atomic E-state index is 13.6. The van der Waals surface area contributed by atoms with E-state index in [1.165, 1.54) is 12.1 Å². The van der Waals surface area contributed by atoms with Crippen molar-refractivity contribution in [1.82, 2.24) is 0 Å². The van der Waals surface area contributed by atoms with E-state index in [1.54, 1.807) is 6.92 Å². The smallest absolute Gasteiger partial charge is 0.142 e. The molecule has 0 aliphatic rings. The molecule has 0 bridgehead atoms. The van der Waals surface area contributed by atoms with Crippen LogP contribution in [0.1, 0.15) is 24.5 Å². The van der Waals surface area contributed by atoms with E-state index in [4.69, 9.17) is 23.2 Å². The summed E-state index contributed by atoms with van der Waals surface area (Å²) >= 11 is 11.7. The van der Waals surface area contributed by atoms with Gasteiger partial charge < -0.3 is 5.11 Å². The Balaban J connectivity index is 2.20. The molecule has 2 rings (SSSR count). The normalized spacial score (nSPS) is 14.1. The molecule has 0 aliphatic heterocycles. The predicted octanol–water partition coefficient (Wildman–Crippen LogP) is 4.97. The van der Waals surface area contributed by atoms with Crippen molar-refractivity contribution in [2.75, 3.05) is 0 Å². The summed E-state index contributed by atoms with van der Waals surface area (Å²) in [5.74, 6) is -0.578. The lowest BCUT2D eigenvalue weighted by Crippen LogP contribution is -2.23. The average Bonchev–Trinajstić information content (AvgIpc) is 2.42. The summed E-state index contributed by atoms with van der Waals surface area (Å²) in [5.41, 5.74) is 0.258. The molecule has 0 aromatic heterocycles. The fourth-order valence-corrected chi connectivity index (χ4v) is 2.69.